The molecule has 0 saturated heterocycles. The Hall–Kier alpha value is -1.36. The third-order valence-electron chi connectivity index (χ3n) is 6.03. The minimum absolute atomic E-state index is 0.0505. The lowest BCUT2D eigenvalue weighted by Gasteiger charge is -2.34. The molecule has 0 saturated carbocycles. The van der Waals surface area contributed by atoms with Crippen molar-refractivity contribution in [2.75, 3.05) is 13.2 Å². The fraction of sp³-hybridized carbons (Fsp3) is 1.00. The van der Waals surface area contributed by atoms with Gasteiger partial charge in [-0.05, 0) is 43.9 Å². The van der Waals surface area contributed by atoms with E-state index in [1.165, 1.54) is 0 Å². The summed E-state index contributed by atoms with van der Waals surface area (Å²) in [7, 11) is 0. The van der Waals surface area contributed by atoms with Gasteiger partial charge in [0.1, 0.15) is 12.2 Å². The fourth-order valence-electron chi connectivity index (χ4n) is 3.85. The monoisotopic (exact) mass is 436 g/mol. The maximum absolute atomic E-state index is 11.8. The molecule has 0 aromatic rings. The van der Waals surface area contributed by atoms with Gasteiger partial charge in [-0.1, -0.05) is 33.6 Å². The van der Waals surface area contributed by atoms with Crippen molar-refractivity contribution in [2.45, 2.75) is 102 Å². The van der Waals surface area contributed by atoms with Crippen LogP contribution in [0.3, 0.4) is 0 Å². The highest BCUT2D eigenvalue weighted by molar-refractivity contribution is 4.90. The Morgan fingerprint density at radius 2 is 1.53 bits per heavy atom. The fourth-order valence-corrected chi connectivity index (χ4v) is 3.85. The maximum Gasteiger partial charge on any atom is 0.241 e. The number of hydrogen-bond donors (Lipinski definition) is 4. The molecule has 0 amide bonds. The average Bonchev–Trinajstić information content (AvgIpc) is 2.69. The molecule has 0 radical (unpaired) electrons. The maximum atomic E-state index is 11.8. The van der Waals surface area contributed by atoms with Crippen molar-refractivity contribution >= 4 is 0 Å². The van der Waals surface area contributed by atoms with Gasteiger partial charge in [-0.15, -0.1) is 0 Å². The summed E-state index contributed by atoms with van der Waals surface area (Å²) in [5.74, 6) is -0.252. The number of hydrogen-bond acceptors (Lipinski definition) is 8. The average molecular weight is 437 g/mol. The summed E-state index contributed by atoms with van der Waals surface area (Å²) in [5.41, 5.74) is -1.82. The summed E-state index contributed by atoms with van der Waals surface area (Å²) >= 11 is 0. The van der Waals surface area contributed by atoms with Crippen LogP contribution in [0.25, 0.3) is 0 Å². The van der Waals surface area contributed by atoms with Crippen molar-refractivity contribution in [3.8, 4) is 0 Å². The molecule has 0 fully saturated rings. The Morgan fingerprint density at radius 1 is 0.933 bits per heavy atom. The van der Waals surface area contributed by atoms with Crippen LogP contribution in [0, 0.1) is 32.1 Å². The van der Waals surface area contributed by atoms with E-state index in [1.807, 2.05) is 6.92 Å². The smallest absolute Gasteiger partial charge is 0.241 e. The van der Waals surface area contributed by atoms with Crippen molar-refractivity contribution in [2.24, 2.45) is 11.8 Å². The molecule has 0 spiro atoms. The number of nitrogens with zero attached hydrogens (tertiary/aromatic N) is 2. The largest absolute Gasteiger partial charge is 0.396 e. The zero-order chi connectivity index (χ0) is 23.3. The predicted molar refractivity (Wildman–Crippen MR) is 112 cm³/mol. The third-order valence-corrected chi connectivity index (χ3v) is 6.03. The molecule has 10 nitrogen and oxygen atoms in total. The quantitative estimate of drug-likeness (QED) is 0.144. The van der Waals surface area contributed by atoms with Crippen LogP contribution in [0.1, 0.15) is 78.6 Å². The topological polar surface area (TPSA) is 167 Å². The molecule has 4 N–H and O–H groups in total. The predicted octanol–water partition coefficient (Wildman–Crippen LogP) is 2.16. The summed E-state index contributed by atoms with van der Waals surface area (Å²) in [6.07, 6.45) is 2.21. The number of aliphatic hydroxyl groups is 4. The summed E-state index contributed by atoms with van der Waals surface area (Å²) in [6, 6.07) is -2.61. The van der Waals surface area contributed by atoms with Gasteiger partial charge in [0.2, 0.25) is 12.1 Å². The molecular weight excluding hydrogens is 396 g/mol. The standard InChI is InChI=1S/C20H40N2O8/c1-4-18(25)16(3)12-20(26,11-10-17(14-24)21(27)28)19(22(29)30)9-7-5-6-8-15(2)13-23/h15-19,23-26H,4-14H2,1-3H3. The van der Waals surface area contributed by atoms with Crippen LogP contribution in [0.4, 0.5) is 0 Å². The Balaban J connectivity index is 5.30. The lowest BCUT2D eigenvalue weighted by atomic mass is 9.77. The van der Waals surface area contributed by atoms with Gasteiger partial charge in [-0.3, -0.25) is 20.2 Å². The van der Waals surface area contributed by atoms with Gasteiger partial charge in [-0.2, -0.15) is 0 Å². The third kappa shape index (κ3) is 10.1. The van der Waals surface area contributed by atoms with Gasteiger partial charge in [0.05, 0.1) is 6.10 Å². The molecule has 0 bridgehead atoms. The van der Waals surface area contributed by atoms with Gasteiger partial charge >= 0.3 is 0 Å². The molecule has 178 valence electrons. The van der Waals surface area contributed by atoms with Crippen LogP contribution in [0.5, 0.6) is 0 Å². The van der Waals surface area contributed by atoms with E-state index in [4.69, 9.17) is 5.11 Å². The van der Waals surface area contributed by atoms with Gasteiger partial charge in [-0.25, -0.2) is 0 Å². The lowest BCUT2D eigenvalue weighted by molar-refractivity contribution is -0.551. The normalized spacial score (nSPS) is 18.8. The first-order valence-electron chi connectivity index (χ1n) is 10.9. The van der Waals surface area contributed by atoms with Gasteiger partial charge in [0, 0.05) is 29.3 Å². The summed E-state index contributed by atoms with van der Waals surface area (Å²) in [5, 5.41) is 62.5. The number of rotatable bonds is 18. The van der Waals surface area contributed by atoms with Crippen LogP contribution in [0.15, 0.2) is 0 Å². The Bertz CT molecular complexity index is 507. The number of aliphatic hydroxyl groups excluding tert-OH is 3. The van der Waals surface area contributed by atoms with Gasteiger partial charge in [0.25, 0.3) is 0 Å². The molecule has 0 aliphatic rings. The van der Waals surface area contributed by atoms with E-state index >= 15 is 0 Å². The van der Waals surface area contributed by atoms with E-state index in [9.17, 15) is 35.5 Å². The van der Waals surface area contributed by atoms with Crippen molar-refractivity contribution in [1.29, 1.82) is 0 Å². The molecule has 6 atom stereocenters. The molecule has 0 aliphatic heterocycles. The zero-order valence-electron chi connectivity index (χ0n) is 18.5. The van der Waals surface area contributed by atoms with Crippen molar-refractivity contribution in [3.05, 3.63) is 20.2 Å². The summed E-state index contributed by atoms with van der Waals surface area (Å²) in [6.45, 7) is 4.78. The highest BCUT2D eigenvalue weighted by atomic mass is 16.6. The molecule has 0 aromatic heterocycles. The van der Waals surface area contributed by atoms with Crippen molar-refractivity contribution < 1.29 is 30.3 Å². The van der Waals surface area contributed by atoms with E-state index < -0.39 is 46.2 Å². The number of unbranched alkanes of at least 4 members (excludes halogenated alkanes) is 2. The molecule has 6 unspecified atom stereocenters. The SMILES string of the molecule is CCC(O)C(C)CC(O)(CCC(CO)[N+](=O)[O-])C(CCCCCC(C)CO)[N+](=O)[O-]. The summed E-state index contributed by atoms with van der Waals surface area (Å²) in [4.78, 5) is 21.7. The van der Waals surface area contributed by atoms with Crippen molar-refractivity contribution in [3.63, 3.8) is 0 Å². The lowest BCUT2D eigenvalue weighted by Crippen LogP contribution is -2.50. The zero-order valence-corrected chi connectivity index (χ0v) is 18.5. The molecule has 0 heterocycles. The highest BCUT2D eigenvalue weighted by Crippen LogP contribution is 2.33. The molecule has 30 heavy (non-hydrogen) atoms. The van der Waals surface area contributed by atoms with E-state index in [1.54, 1.807) is 13.8 Å². The van der Waals surface area contributed by atoms with Crippen LogP contribution >= 0.6 is 0 Å². The van der Waals surface area contributed by atoms with Crippen molar-refractivity contribution in [1.82, 2.24) is 0 Å². The van der Waals surface area contributed by atoms with Crippen LogP contribution < -0.4 is 0 Å². The summed E-state index contributed by atoms with van der Waals surface area (Å²) < 4.78 is 0. The second-order valence-corrected chi connectivity index (χ2v) is 8.65. The first kappa shape index (κ1) is 28.6. The van der Waals surface area contributed by atoms with E-state index in [0.717, 1.165) is 12.8 Å². The Kier molecular flexibility index (Phi) is 13.9. The first-order valence-corrected chi connectivity index (χ1v) is 10.9. The second kappa shape index (κ2) is 14.6. The molecule has 0 rings (SSSR count). The van der Waals surface area contributed by atoms with Gasteiger partial charge < -0.3 is 20.4 Å². The molecular formula is C20H40N2O8. The molecule has 0 aliphatic carbocycles. The van der Waals surface area contributed by atoms with E-state index in [2.05, 4.69) is 0 Å². The van der Waals surface area contributed by atoms with E-state index in [-0.39, 0.29) is 38.2 Å². The number of nitro groups is 2. The van der Waals surface area contributed by atoms with Crippen LogP contribution in [-0.4, -0.2) is 67.3 Å². The minimum atomic E-state index is -1.82. The highest BCUT2D eigenvalue weighted by Gasteiger charge is 2.47. The first-order chi connectivity index (χ1) is 14.0. The second-order valence-electron chi connectivity index (χ2n) is 8.65. The van der Waals surface area contributed by atoms with E-state index in [0.29, 0.717) is 19.3 Å². The van der Waals surface area contributed by atoms with Crippen LogP contribution in [-0.2, 0) is 0 Å². The molecule has 0 aromatic carbocycles. The molecule has 10 heteroatoms. The minimum Gasteiger partial charge on any atom is -0.396 e. The van der Waals surface area contributed by atoms with Gasteiger partial charge in [0.15, 0.2) is 0 Å². The van der Waals surface area contributed by atoms with Crippen LogP contribution in [0.2, 0.25) is 0 Å². The Morgan fingerprint density at radius 3 is 2.00 bits per heavy atom. The Labute approximate surface area is 178 Å².